The van der Waals surface area contributed by atoms with Gasteiger partial charge in [0.25, 0.3) is 5.91 Å². The highest BCUT2D eigenvalue weighted by Gasteiger charge is 2.17. The molecule has 0 saturated heterocycles. The van der Waals surface area contributed by atoms with E-state index < -0.39 is 0 Å². The van der Waals surface area contributed by atoms with Crippen molar-refractivity contribution in [2.75, 3.05) is 26.8 Å². The molecule has 138 valence electrons. The fraction of sp³-hybridized carbons (Fsp3) is 0.238. The number of hydrogen-bond donors (Lipinski definition) is 0. The molecule has 0 N–H and O–H groups in total. The molecule has 4 rings (SSSR count). The minimum atomic E-state index is 0.0275. The van der Waals surface area contributed by atoms with Crippen molar-refractivity contribution in [3.05, 3.63) is 65.3 Å². The number of benzene rings is 1. The number of amides is 1. The Kier molecular flexibility index (Phi) is 5.07. The van der Waals surface area contributed by atoms with Crippen LogP contribution in [0.5, 0.6) is 11.5 Å². The SMILES string of the molecule is CN(CCc1ccccn1)C(=O)c1ccc(-c2ccc3c(c2)OCCO3)s1. The molecule has 0 saturated carbocycles. The van der Waals surface area contributed by atoms with E-state index in [2.05, 4.69) is 4.98 Å². The molecule has 0 bridgehead atoms. The normalized spacial score (nSPS) is 12.6. The van der Waals surface area contributed by atoms with Crippen molar-refractivity contribution >= 4 is 17.2 Å². The fourth-order valence-electron chi connectivity index (χ4n) is 2.92. The summed E-state index contributed by atoms with van der Waals surface area (Å²) in [5.74, 6) is 1.55. The minimum Gasteiger partial charge on any atom is -0.486 e. The van der Waals surface area contributed by atoms with Gasteiger partial charge in [0.1, 0.15) is 13.2 Å². The predicted molar refractivity (Wildman–Crippen MR) is 106 cm³/mol. The van der Waals surface area contributed by atoms with Gasteiger partial charge in [-0.3, -0.25) is 9.78 Å². The summed E-state index contributed by atoms with van der Waals surface area (Å²) in [6.07, 6.45) is 2.51. The van der Waals surface area contributed by atoms with Gasteiger partial charge in [-0.05, 0) is 48.0 Å². The number of ether oxygens (including phenoxy) is 2. The van der Waals surface area contributed by atoms with Crippen LogP contribution in [0.25, 0.3) is 10.4 Å². The van der Waals surface area contributed by atoms with Crippen molar-refractivity contribution in [3.63, 3.8) is 0 Å². The first kappa shape index (κ1) is 17.5. The lowest BCUT2D eigenvalue weighted by Gasteiger charge is -2.18. The first-order valence-corrected chi connectivity index (χ1v) is 9.67. The fourth-order valence-corrected chi connectivity index (χ4v) is 3.92. The lowest BCUT2D eigenvalue weighted by Crippen LogP contribution is -2.28. The van der Waals surface area contributed by atoms with Crippen LogP contribution >= 0.6 is 11.3 Å². The highest BCUT2D eigenvalue weighted by Crippen LogP contribution is 2.37. The van der Waals surface area contributed by atoms with Gasteiger partial charge in [0, 0.05) is 36.8 Å². The molecule has 5 nitrogen and oxygen atoms in total. The molecule has 0 unspecified atom stereocenters. The van der Waals surface area contributed by atoms with Crippen LogP contribution in [-0.4, -0.2) is 42.6 Å². The van der Waals surface area contributed by atoms with Crippen LogP contribution in [0.2, 0.25) is 0 Å². The first-order valence-electron chi connectivity index (χ1n) is 8.86. The first-order chi connectivity index (χ1) is 13.2. The number of likely N-dealkylation sites (N-methyl/N-ethyl adjacent to an activating group) is 1. The Morgan fingerprint density at radius 2 is 1.96 bits per heavy atom. The van der Waals surface area contributed by atoms with E-state index in [1.54, 1.807) is 11.1 Å². The molecule has 1 amide bonds. The Bertz CT molecular complexity index is 940. The third-order valence-electron chi connectivity index (χ3n) is 4.42. The van der Waals surface area contributed by atoms with Gasteiger partial charge in [-0.2, -0.15) is 0 Å². The van der Waals surface area contributed by atoms with Crippen LogP contribution in [0.4, 0.5) is 0 Å². The number of thiophene rings is 1. The molecule has 0 aliphatic carbocycles. The van der Waals surface area contributed by atoms with Gasteiger partial charge >= 0.3 is 0 Å². The molecule has 0 atom stereocenters. The van der Waals surface area contributed by atoms with Crippen molar-refractivity contribution in [2.24, 2.45) is 0 Å². The van der Waals surface area contributed by atoms with Crippen molar-refractivity contribution in [1.82, 2.24) is 9.88 Å². The van der Waals surface area contributed by atoms with Gasteiger partial charge in [-0.1, -0.05) is 6.07 Å². The molecule has 27 heavy (non-hydrogen) atoms. The van der Waals surface area contributed by atoms with Crippen LogP contribution in [0.1, 0.15) is 15.4 Å². The van der Waals surface area contributed by atoms with Crippen LogP contribution in [-0.2, 0) is 6.42 Å². The van der Waals surface area contributed by atoms with Gasteiger partial charge in [-0.25, -0.2) is 0 Å². The van der Waals surface area contributed by atoms with Crippen molar-refractivity contribution in [1.29, 1.82) is 0 Å². The highest BCUT2D eigenvalue weighted by molar-refractivity contribution is 7.17. The lowest BCUT2D eigenvalue weighted by atomic mass is 10.1. The summed E-state index contributed by atoms with van der Waals surface area (Å²) in [6, 6.07) is 15.6. The van der Waals surface area contributed by atoms with Crippen molar-refractivity contribution < 1.29 is 14.3 Å². The summed E-state index contributed by atoms with van der Waals surface area (Å²) in [5.41, 5.74) is 2.01. The van der Waals surface area contributed by atoms with E-state index in [0.29, 0.717) is 19.8 Å². The van der Waals surface area contributed by atoms with E-state index in [9.17, 15) is 4.79 Å². The maximum Gasteiger partial charge on any atom is 0.263 e. The molecule has 3 aromatic rings. The molecule has 0 radical (unpaired) electrons. The van der Waals surface area contributed by atoms with Crippen LogP contribution < -0.4 is 9.47 Å². The number of carbonyl (C=O) groups excluding carboxylic acids is 1. The third-order valence-corrected chi connectivity index (χ3v) is 5.54. The van der Waals surface area contributed by atoms with E-state index in [0.717, 1.165) is 38.9 Å². The Balaban J connectivity index is 1.44. The number of aromatic nitrogens is 1. The average Bonchev–Trinajstić information content (AvgIpc) is 3.22. The number of rotatable bonds is 5. The number of carbonyl (C=O) groups is 1. The van der Waals surface area contributed by atoms with Gasteiger partial charge in [0.15, 0.2) is 11.5 Å². The smallest absolute Gasteiger partial charge is 0.263 e. The topological polar surface area (TPSA) is 51.7 Å². The molecule has 2 aromatic heterocycles. The summed E-state index contributed by atoms with van der Waals surface area (Å²) < 4.78 is 11.2. The summed E-state index contributed by atoms with van der Waals surface area (Å²) in [5, 5.41) is 0. The Morgan fingerprint density at radius 3 is 2.78 bits per heavy atom. The second-order valence-electron chi connectivity index (χ2n) is 6.32. The quantitative estimate of drug-likeness (QED) is 0.674. The summed E-state index contributed by atoms with van der Waals surface area (Å²) >= 11 is 1.49. The van der Waals surface area contributed by atoms with E-state index in [1.807, 2.05) is 55.6 Å². The molecule has 1 aromatic carbocycles. The molecular formula is C21H20N2O3S. The maximum absolute atomic E-state index is 12.7. The number of hydrogen-bond acceptors (Lipinski definition) is 5. The second kappa shape index (κ2) is 7.80. The lowest BCUT2D eigenvalue weighted by molar-refractivity contribution is 0.0801. The van der Waals surface area contributed by atoms with E-state index in [1.165, 1.54) is 11.3 Å². The monoisotopic (exact) mass is 380 g/mol. The molecule has 0 spiro atoms. The number of pyridine rings is 1. The van der Waals surface area contributed by atoms with E-state index in [4.69, 9.17) is 9.47 Å². The number of nitrogens with zero attached hydrogens (tertiary/aromatic N) is 2. The van der Waals surface area contributed by atoms with Gasteiger partial charge in [0.05, 0.1) is 4.88 Å². The Morgan fingerprint density at radius 1 is 1.11 bits per heavy atom. The summed E-state index contributed by atoms with van der Waals surface area (Å²) in [6.45, 7) is 1.77. The molecule has 1 aliphatic rings. The van der Waals surface area contributed by atoms with Crippen LogP contribution in [0.15, 0.2) is 54.7 Å². The van der Waals surface area contributed by atoms with E-state index >= 15 is 0 Å². The Labute approximate surface area is 162 Å². The van der Waals surface area contributed by atoms with Crippen molar-refractivity contribution in [3.8, 4) is 21.9 Å². The standard InChI is InChI=1S/C21H20N2O3S/c1-23(11-9-16-4-2-3-10-22-16)21(24)20-8-7-19(27-20)15-5-6-17-18(14-15)26-13-12-25-17/h2-8,10,14H,9,11-13H2,1H3. The minimum absolute atomic E-state index is 0.0275. The second-order valence-corrected chi connectivity index (χ2v) is 7.40. The van der Waals surface area contributed by atoms with Crippen LogP contribution in [0, 0.1) is 0 Å². The van der Waals surface area contributed by atoms with Gasteiger partial charge < -0.3 is 14.4 Å². The largest absolute Gasteiger partial charge is 0.486 e. The molecule has 6 heteroatoms. The molecule has 1 aliphatic heterocycles. The summed E-state index contributed by atoms with van der Waals surface area (Å²) in [4.78, 5) is 20.5. The van der Waals surface area contributed by atoms with Crippen LogP contribution in [0.3, 0.4) is 0 Å². The maximum atomic E-state index is 12.7. The average molecular weight is 380 g/mol. The molecular weight excluding hydrogens is 360 g/mol. The zero-order valence-electron chi connectivity index (χ0n) is 15.1. The van der Waals surface area contributed by atoms with Gasteiger partial charge in [-0.15, -0.1) is 11.3 Å². The van der Waals surface area contributed by atoms with E-state index in [-0.39, 0.29) is 5.91 Å². The van der Waals surface area contributed by atoms with Gasteiger partial charge in [0.2, 0.25) is 0 Å². The Hall–Kier alpha value is -2.86. The zero-order valence-corrected chi connectivity index (χ0v) is 15.9. The summed E-state index contributed by atoms with van der Waals surface area (Å²) in [7, 11) is 1.83. The third kappa shape index (κ3) is 3.95. The molecule has 0 fully saturated rings. The zero-order chi connectivity index (χ0) is 18.6. The highest BCUT2D eigenvalue weighted by atomic mass is 32.1. The predicted octanol–water partition coefficient (Wildman–Crippen LogP) is 3.90. The number of fused-ring (bicyclic) bond motifs is 1. The molecule has 3 heterocycles. The van der Waals surface area contributed by atoms with Crippen molar-refractivity contribution in [2.45, 2.75) is 6.42 Å².